The topological polar surface area (TPSA) is 124 Å². The second-order valence-electron chi connectivity index (χ2n) is 7.46. The average molecular weight is 464 g/mol. The molecule has 4 N–H and O–H groups in total. The van der Waals surface area contributed by atoms with Crippen molar-refractivity contribution in [3.05, 3.63) is 66.4 Å². The summed E-state index contributed by atoms with van der Waals surface area (Å²) in [6.45, 7) is 2.64. The highest BCUT2D eigenvalue weighted by molar-refractivity contribution is 5.90. The van der Waals surface area contributed by atoms with E-state index < -0.39 is 11.6 Å². The van der Waals surface area contributed by atoms with Gasteiger partial charge in [-0.15, -0.1) is 5.10 Å². The van der Waals surface area contributed by atoms with Crippen LogP contribution >= 0.6 is 0 Å². The summed E-state index contributed by atoms with van der Waals surface area (Å²) in [5.74, 6) is -1.90. The fourth-order valence-corrected chi connectivity index (χ4v) is 3.32. The van der Waals surface area contributed by atoms with Gasteiger partial charge >= 0.3 is 6.03 Å². The molecule has 2 heterocycles. The number of nitrogens with zero attached hydrogens (tertiary/aromatic N) is 5. The molecule has 2 aromatic carbocycles. The van der Waals surface area contributed by atoms with Crippen molar-refractivity contribution in [2.24, 2.45) is 0 Å². The number of rotatable bonds is 7. The quantitative estimate of drug-likeness (QED) is 0.353. The number of tetrazole rings is 1. The van der Waals surface area contributed by atoms with Crippen LogP contribution in [-0.4, -0.2) is 37.8 Å². The Labute approximate surface area is 194 Å². The first-order valence-electron chi connectivity index (χ1n) is 10.6. The number of benzene rings is 2. The molecule has 0 aliphatic rings. The Morgan fingerprint density at radius 3 is 2.76 bits per heavy atom. The molecular weight excluding hydrogens is 442 g/mol. The number of carbonyl (C=O) groups excluding carboxylic acids is 1. The molecule has 0 radical (unpaired) electrons. The fourth-order valence-electron chi connectivity index (χ4n) is 3.32. The maximum Gasteiger partial charge on any atom is 0.319 e. The summed E-state index contributed by atoms with van der Waals surface area (Å²) < 4.78 is 29.2. The minimum atomic E-state index is -1.09. The number of aromatic nitrogens is 5. The monoisotopic (exact) mass is 464 g/mol. The van der Waals surface area contributed by atoms with E-state index in [1.807, 2.05) is 13.0 Å². The van der Waals surface area contributed by atoms with Crippen molar-refractivity contribution in [3.8, 4) is 28.2 Å². The Balaban J connectivity index is 1.66. The van der Waals surface area contributed by atoms with Crippen LogP contribution in [0, 0.1) is 11.6 Å². The van der Waals surface area contributed by atoms with Gasteiger partial charge in [0.15, 0.2) is 17.5 Å². The second kappa shape index (κ2) is 10.0. The molecule has 0 fully saturated rings. The van der Waals surface area contributed by atoms with Crippen molar-refractivity contribution < 1.29 is 13.6 Å². The van der Waals surface area contributed by atoms with Crippen LogP contribution in [0.3, 0.4) is 0 Å². The van der Waals surface area contributed by atoms with E-state index in [2.05, 4.69) is 31.1 Å². The van der Waals surface area contributed by atoms with Crippen molar-refractivity contribution >= 4 is 17.5 Å². The molecule has 2 aromatic heterocycles. The summed E-state index contributed by atoms with van der Waals surface area (Å²) in [6, 6.07) is 12.3. The van der Waals surface area contributed by atoms with Crippen LogP contribution in [0.2, 0.25) is 0 Å². The zero-order valence-electron chi connectivity index (χ0n) is 18.3. The normalized spacial score (nSPS) is 10.8. The van der Waals surface area contributed by atoms with Crippen LogP contribution in [0.15, 0.2) is 54.7 Å². The average Bonchev–Trinajstić information content (AvgIpc) is 3.31. The molecule has 9 nitrogen and oxygen atoms in total. The van der Waals surface area contributed by atoms with Gasteiger partial charge in [-0.1, -0.05) is 31.5 Å². The molecule has 0 aliphatic heterocycles. The Bertz CT molecular complexity index is 1320. The zero-order valence-corrected chi connectivity index (χ0v) is 18.3. The van der Waals surface area contributed by atoms with Gasteiger partial charge < -0.3 is 16.4 Å². The van der Waals surface area contributed by atoms with Gasteiger partial charge in [-0.25, -0.2) is 18.6 Å². The lowest BCUT2D eigenvalue weighted by molar-refractivity contribution is 0.252. The molecule has 0 saturated heterocycles. The number of nitrogens with two attached hydrogens (primary N) is 1. The number of hydrogen-bond acceptors (Lipinski definition) is 6. The lowest BCUT2D eigenvalue weighted by atomic mass is 10.0. The van der Waals surface area contributed by atoms with Crippen LogP contribution < -0.4 is 16.4 Å². The molecule has 0 unspecified atom stereocenters. The van der Waals surface area contributed by atoms with Crippen LogP contribution in [-0.2, 0) is 0 Å². The summed E-state index contributed by atoms with van der Waals surface area (Å²) in [4.78, 5) is 16.3. The molecule has 0 aliphatic carbocycles. The largest absolute Gasteiger partial charge is 0.383 e. The molecule has 4 aromatic rings. The van der Waals surface area contributed by atoms with Gasteiger partial charge in [-0.2, -0.15) is 4.68 Å². The summed E-state index contributed by atoms with van der Waals surface area (Å²) in [5.41, 5.74) is 8.25. The van der Waals surface area contributed by atoms with Gasteiger partial charge in [0.05, 0.1) is 5.56 Å². The Morgan fingerprint density at radius 1 is 1.12 bits per heavy atom. The first-order valence-corrected chi connectivity index (χ1v) is 10.6. The van der Waals surface area contributed by atoms with Gasteiger partial charge in [0.2, 0.25) is 0 Å². The molecule has 2 amide bonds. The minimum absolute atomic E-state index is 0.0981. The van der Waals surface area contributed by atoms with Crippen LogP contribution in [0.5, 0.6) is 0 Å². The van der Waals surface area contributed by atoms with Gasteiger partial charge in [0.25, 0.3) is 0 Å². The number of nitrogens with one attached hydrogen (secondary N) is 2. The van der Waals surface area contributed by atoms with Crippen molar-refractivity contribution in [2.75, 3.05) is 17.6 Å². The second-order valence-corrected chi connectivity index (χ2v) is 7.46. The van der Waals surface area contributed by atoms with Gasteiger partial charge in [-0.05, 0) is 52.7 Å². The van der Waals surface area contributed by atoms with E-state index >= 15 is 0 Å². The molecule has 0 spiro atoms. The summed E-state index contributed by atoms with van der Waals surface area (Å²) in [7, 11) is 0. The van der Waals surface area contributed by atoms with Crippen LogP contribution in [0.1, 0.15) is 19.8 Å². The first-order chi connectivity index (χ1) is 16.5. The third-order valence-electron chi connectivity index (χ3n) is 5.06. The highest BCUT2D eigenvalue weighted by Gasteiger charge is 2.19. The van der Waals surface area contributed by atoms with E-state index in [4.69, 9.17) is 5.73 Å². The molecule has 11 heteroatoms. The Kier molecular flexibility index (Phi) is 6.72. The number of amides is 2. The first kappa shape index (κ1) is 22.8. The maximum atomic E-state index is 14.4. The number of hydrogen-bond donors (Lipinski definition) is 3. The number of unbranched alkanes of at least 4 members (excludes halogenated alkanes) is 1. The number of nitrogen functional groups attached to an aromatic ring is 1. The van der Waals surface area contributed by atoms with E-state index in [0.29, 0.717) is 23.4 Å². The van der Waals surface area contributed by atoms with Crippen molar-refractivity contribution in [1.82, 2.24) is 30.5 Å². The molecule has 34 heavy (non-hydrogen) atoms. The molecule has 4 rings (SSSR count). The van der Waals surface area contributed by atoms with Gasteiger partial charge in [0.1, 0.15) is 11.5 Å². The fraction of sp³-hybridized carbons (Fsp3) is 0.174. The standard InChI is InChI=1S/C23H22F2N8O/c1-2-3-10-27-23(34)29-16-7-4-6-14(11-16)15-12-17(21(26)28-13-15)22-30-31-32-33(22)19-9-5-8-18(24)20(19)25/h4-9,11-13H,2-3,10H2,1H3,(H2,26,28)(H2,27,29,34). The molecule has 0 atom stereocenters. The van der Waals surface area contributed by atoms with E-state index in [-0.39, 0.29) is 23.4 Å². The predicted molar refractivity (Wildman–Crippen MR) is 124 cm³/mol. The number of pyridine rings is 1. The third kappa shape index (κ3) is 4.82. The lowest BCUT2D eigenvalue weighted by Gasteiger charge is -2.11. The highest BCUT2D eigenvalue weighted by Crippen LogP contribution is 2.31. The Morgan fingerprint density at radius 2 is 1.94 bits per heavy atom. The SMILES string of the molecule is CCCCNC(=O)Nc1cccc(-c2cnc(N)c(-c3nnnn3-c3cccc(F)c3F)c2)c1. The highest BCUT2D eigenvalue weighted by atomic mass is 19.2. The smallest absolute Gasteiger partial charge is 0.319 e. The molecular formula is C23H22F2N8O. The van der Waals surface area contributed by atoms with Crippen LogP contribution in [0.25, 0.3) is 28.2 Å². The van der Waals surface area contributed by atoms with E-state index in [0.717, 1.165) is 29.2 Å². The molecule has 0 bridgehead atoms. The zero-order chi connectivity index (χ0) is 24.1. The van der Waals surface area contributed by atoms with Crippen molar-refractivity contribution in [1.29, 1.82) is 0 Å². The van der Waals surface area contributed by atoms with E-state index in [1.54, 1.807) is 30.5 Å². The predicted octanol–water partition coefficient (Wildman–Crippen LogP) is 4.17. The minimum Gasteiger partial charge on any atom is -0.383 e. The van der Waals surface area contributed by atoms with Crippen molar-refractivity contribution in [3.63, 3.8) is 0 Å². The Hall–Kier alpha value is -4.41. The molecule has 174 valence electrons. The lowest BCUT2D eigenvalue weighted by Crippen LogP contribution is -2.29. The summed E-state index contributed by atoms with van der Waals surface area (Å²) in [5, 5.41) is 16.9. The maximum absolute atomic E-state index is 14.4. The van der Waals surface area contributed by atoms with Crippen molar-refractivity contribution in [2.45, 2.75) is 19.8 Å². The van der Waals surface area contributed by atoms with E-state index in [9.17, 15) is 13.6 Å². The number of urea groups is 1. The van der Waals surface area contributed by atoms with E-state index in [1.165, 1.54) is 12.1 Å². The van der Waals surface area contributed by atoms with Gasteiger partial charge in [-0.3, -0.25) is 0 Å². The number of anilines is 2. The van der Waals surface area contributed by atoms with Crippen LogP contribution in [0.4, 0.5) is 25.1 Å². The number of carbonyl (C=O) groups is 1. The third-order valence-corrected chi connectivity index (χ3v) is 5.06. The summed E-state index contributed by atoms with van der Waals surface area (Å²) >= 11 is 0. The molecule has 0 saturated carbocycles. The summed E-state index contributed by atoms with van der Waals surface area (Å²) in [6.07, 6.45) is 3.44. The number of halogens is 2. The van der Waals surface area contributed by atoms with Gasteiger partial charge in [0, 0.05) is 24.0 Å².